The molecular formula is C17H17NO2. The number of aryl methyl sites for hydroxylation is 1. The van der Waals surface area contributed by atoms with Gasteiger partial charge < -0.3 is 5.11 Å². The van der Waals surface area contributed by atoms with Crippen LogP contribution < -0.4 is 0 Å². The Bertz CT molecular complexity index is 673. The zero-order valence-corrected chi connectivity index (χ0v) is 11.8. The summed E-state index contributed by atoms with van der Waals surface area (Å²) < 4.78 is 0. The smallest absolute Gasteiger partial charge is 0.335 e. The maximum Gasteiger partial charge on any atom is 0.335 e. The van der Waals surface area contributed by atoms with Gasteiger partial charge >= 0.3 is 5.97 Å². The number of aromatic nitrogens is 1. The van der Waals surface area contributed by atoms with Crippen molar-refractivity contribution in [3.05, 3.63) is 65.0 Å². The second-order valence-electron chi connectivity index (χ2n) is 4.82. The molecule has 0 atom stereocenters. The SMILES string of the molecule is C/C(=C(\C)c1ccc(C)c(C(=O)O)c1)c1ccncc1. The highest BCUT2D eigenvalue weighted by atomic mass is 16.4. The van der Waals surface area contributed by atoms with Gasteiger partial charge in [0.25, 0.3) is 0 Å². The molecule has 0 unspecified atom stereocenters. The first-order valence-corrected chi connectivity index (χ1v) is 6.43. The molecule has 3 heteroatoms. The Morgan fingerprint density at radius 2 is 1.60 bits per heavy atom. The van der Waals surface area contributed by atoms with Crippen molar-refractivity contribution >= 4 is 17.1 Å². The molecule has 0 radical (unpaired) electrons. The minimum absolute atomic E-state index is 0.351. The lowest BCUT2D eigenvalue weighted by Gasteiger charge is -2.10. The number of aromatic carboxylic acids is 1. The fraction of sp³-hybridized carbons (Fsp3) is 0.176. The van der Waals surface area contributed by atoms with Gasteiger partial charge in [-0.1, -0.05) is 12.1 Å². The van der Waals surface area contributed by atoms with Gasteiger partial charge in [-0.25, -0.2) is 4.79 Å². The number of rotatable bonds is 3. The van der Waals surface area contributed by atoms with Crippen molar-refractivity contribution in [3.8, 4) is 0 Å². The summed E-state index contributed by atoms with van der Waals surface area (Å²) in [5, 5.41) is 9.20. The predicted octanol–water partition coefficient (Wildman–Crippen LogP) is 4.04. The Kier molecular flexibility index (Phi) is 3.99. The molecular weight excluding hydrogens is 250 g/mol. The highest BCUT2D eigenvalue weighted by Crippen LogP contribution is 2.26. The van der Waals surface area contributed by atoms with Crippen molar-refractivity contribution in [2.24, 2.45) is 0 Å². The standard InChI is InChI=1S/C17H17NO2/c1-11-4-5-15(10-16(11)17(19)20)13(3)12(2)14-6-8-18-9-7-14/h4-10H,1-3H3,(H,19,20)/b13-12-. The van der Waals surface area contributed by atoms with Crippen LogP contribution in [0.3, 0.4) is 0 Å². The Labute approximate surface area is 118 Å². The summed E-state index contributed by atoms with van der Waals surface area (Å²) in [6, 6.07) is 9.44. The Morgan fingerprint density at radius 1 is 1.00 bits per heavy atom. The molecule has 1 aromatic heterocycles. The molecule has 2 rings (SSSR count). The maximum atomic E-state index is 11.2. The molecule has 20 heavy (non-hydrogen) atoms. The average Bonchev–Trinajstić information content (AvgIpc) is 2.47. The van der Waals surface area contributed by atoms with Crippen molar-refractivity contribution < 1.29 is 9.90 Å². The Balaban J connectivity index is 2.51. The van der Waals surface area contributed by atoms with Gasteiger partial charge in [0.05, 0.1) is 5.56 Å². The van der Waals surface area contributed by atoms with Crippen LogP contribution in [0.1, 0.15) is 40.9 Å². The summed E-state index contributed by atoms with van der Waals surface area (Å²) >= 11 is 0. The van der Waals surface area contributed by atoms with Gasteiger partial charge in [0.2, 0.25) is 0 Å². The Morgan fingerprint density at radius 3 is 2.20 bits per heavy atom. The maximum absolute atomic E-state index is 11.2. The molecule has 0 saturated heterocycles. The quantitative estimate of drug-likeness (QED) is 0.913. The molecule has 0 amide bonds. The third kappa shape index (κ3) is 2.77. The van der Waals surface area contributed by atoms with Crippen LogP contribution in [-0.2, 0) is 0 Å². The number of carbonyl (C=O) groups is 1. The van der Waals surface area contributed by atoms with Gasteiger partial charge in [0.1, 0.15) is 0 Å². The van der Waals surface area contributed by atoms with Crippen LogP contribution in [0, 0.1) is 6.92 Å². The van der Waals surface area contributed by atoms with E-state index in [9.17, 15) is 9.90 Å². The van der Waals surface area contributed by atoms with Gasteiger partial charge in [-0.2, -0.15) is 0 Å². The van der Waals surface area contributed by atoms with E-state index in [1.165, 1.54) is 0 Å². The zero-order valence-electron chi connectivity index (χ0n) is 11.8. The van der Waals surface area contributed by atoms with Crippen molar-refractivity contribution in [1.82, 2.24) is 4.98 Å². The molecule has 102 valence electrons. The highest BCUT2D eigenvalue weighted by molar-refractivity contribution is 5.93. The number of benzene rings is 1. The van der Waals surface area contributed by atoms with E-state index in [-0.39, 0.29) is 0 Å². The van der Waals surface area contributed by atoms with Crippen molar-refractivity contribution in [2.45, 2.75) is 20.8 Å². The van der Waals surface area contributed by atoms with E-state index in [1.807, 2.05) is 45.0 Å². The van der Waals surface area contributed by atoms with Crippen LogP contribution >= 0.6 is 0 Å². The summed E-state index contributed by atoms with van der Waals surface area (Å²) in [7, 11) is 0. The lowest BCUT2D eigenvalue weighted by atomic mass is 9.95. The molecule has 0 aliphatic carbocycles. The summed E-state index contributed by atoms with van der Waals surface area (Å²) in [5.41, 5.74) is 5.34. The lowest BCUT2D eigenvalue weighted by molar-refractivity contribution is 0.0696. The molecule has 0 spiro atoms. The third-order valence-corrected chi connectivity index (χ3v) is 3.58. The van der Waals surface area contributed by atoms with Crippen LogP contribution in [0.15, 0.2) is 42.7 Å². The van der Waals surface area contributed by atoms with Crippen LogP contribution in [0.5, 0.6) is 0 Å². The highest BCUT2D eigenvalue weighted by Gasteiger charge is 2.10. The molecule has 0 aliphatic heterocycles. The molecule has 2 aromatic rings. The van der Waals surface area contributed by atoms with E-state index >= 15 is 0 Å². The molecule has 0 fully saturated rings. The predicted molar refractivity (Wildman–Crippen MR) is 80.5 cm³/mol. The lowest BCUT2D eigenvalue weighted by Crippen LogP contribution is -2.00. The minimum Gasteiger partial charge on any atom is -0.478 e. The topological polar surface area (TPSA) is 50.2 Å². The monoisotopic (exact) mass is 267 g/mol. The number of pyridine rings is 1. The van der Waals surface area contributed by atoms with Crippen LogP contribution in [0.4, 0.5) is 0 Å². The number of hydrogen-bond donors (Lipinski definition) is 1. The van der Waals surface area contributed by atoms with Gasteiger partial charge in [-0.05, 0) is 66.8 Å². The number of carboxylic acid groups (broad SMARTS) is 1. The van der Waals surface area contributed by atoms with E-state index in [0.717, 1.165) is 27.8 Å². The van der Waals surface area contributed by atoms with E-state index in [1.54, 1.807) is 18.5 Å². The minimum atomic E-state index is -0.890. The van der Waals surface area contributed by atoms with Crippen molar-refractivity contribution in [3.63, 3.8) is 0 Å². The van der Waals surface area contributed by atoms with Gasteiger partial charge in [-0.15, -0.1) is 0 Å². The first kappa shape index (κ1) is 14.0. The number of carboxylic acids is 1. The van der Waals surface area contributed by atoms with Gasteiger partial charge in [0.15, 0.2) is 0 Å². The largest absolute Gasteiger partial charge is 0.478 e. The van der Waals surface area contributed by atoms with E-state index in [0.29, 0.717) is 5.56 Å². The summed E-state index contributed by atoms with van der Waals surface area (Å²) in [6.45, 7) is 5.85. The van der Waals surface area contributed by atoms with Crippen LogP contribution in [-0.4, -0.2) is 16.1 Å². The number of hydrogen-bond acceptors (Lipinski definition) is 2. The van der Waals surface area contributed by atoms with Crippen LogP contribution in [0.25, 0.3) is 11.1 Å². The van der Waals surface area contributed by atoms with E-state index in [4.69, 9.17) is 0 Å². The number of nitrogens with zero attached hydrogens (tertiary/aromatic N) is 1. The van der Waals surface area contributed by atoms with E-state index < -0.39 is 5.97 Å². The molecule has 0 aliphatic rings. The van der Waals surface area contributed by atoms with Crippen molar-refractivity contribution in [2.75, 3.05) is 0 Å². The first-order valence-electron chi connectivity index (χ1n) is 6.43. The fourth-order valence-electron chi connectivity index (χ4n) is 2.12. The number of allylic oxidation sites excluding steroid dienone is 2. The van der Waals surface area contributed by atoms with Crippen LogP contribution in [0.2, 0.25) is 0 Å². The Hall–Kier alpha value is -2.42. The van der Waals surface area contributed by atoms with Crippen molar-refractivity contribution in [1.29, 1.82) is 0 Å². The molecule has 3 nitrogen and oxygen atoms in total. The summed E-state index contributed by atoms with van der Waals surface area (Å²) in [6.07, 6.45) is 3.51. The average molecular weight is 267 g/mol. The van der Waals surface area contributed by atoms with Gasteiger partial charge in [-0.3, -0.25) is 4.98 Å². The third-order valence-electron chi connectivity index (χ3n) is 3.58. The summed E-state index contributed by atoms with van der Waals surface area (Å²) in [5.74, 6) is -0.890. The second-order valence-corrected chi connectivity index (χ2v) is 4.82. The zero-order chi connectivity index (χ0) is 14.7. The molecule has 0 saturated carbocycles. The molecule has 1 heterocycles. The molecule has 1 aromatic carbocycles. The summed E-state index contributed by atoms with van der Waals surface area (Å²) in [4.78, 5) is 15.2. The van der Waals surface area contributed by atoms with Gasteiger partial charge in [0, 0.05) is 12.4 Å². The van der Waals surface area contributed by atoms with E-state index in [2.05, 4.69) is 4.98 Å². The molecule has 0 bridgehead atoms. The normalized spacial score (nSPS) is 11.9. The fourth-order valence-corrected chi connectivity index (χ4v) is 2.12. The second kappa shape index (κ2) is 5.70. The molecule has 1 N–H and O–H groups in total. The first-order chi connectivity index (χ1) is 9.50.